The lowest BCUT2D eigenvalue weighted by Crippen LogP contribution is -2.03. The summed E-state index contributed by atoms with van der Waals surface area (Å²) in [6, 6.07) is 0. The Balaban J connectivity index is 4.33. The predicted octanol–water partition coefficient (Wildman–Crippen LogP) is 1.94. The molecule has 0 amide bonds. The molecule has 8 heteroatoms. The van der Waals surface area contributed by atoms with Gasteiger partial charge in [-0.3, -0.25) is 4.57 Å². The first kappa shape index (κ1) is 10.7. The zero-order valence-electron chi connectivity index (χ0n) is 4.95. The Morgan fingerprint density at radius 2 is 1.90 bits per heavy atom. The fourth-order valence-electron chi connectivity index (χ4n) is 0.185. The highest BCUT2D eigenvalue weighted by Gasteiger charge is 2.23. The van der Waals surface area contributed by atoms with Crippen LogP contribution in [0.2, 0.25) is 0 Å². The van der Waals surface area contributed by atoms with Gasteiger partial charge in [-0.1, -0.05) is 0 Å². The second-order valence-electron chi connectivity index (χ2n) is 1.34. The fourth-order valence-corrected chi connectivity index (χ4v) is 3.21. The zero-order chi connectivity index (χ0) is 8.41. The van der Waals surface area contributed by atoms with Crippen molar-refractivity contribution < 1.29 is 17.0 Å². The van der Waals surface area contributed by atoms with Crippen molar-refractivity contribution in [3.63, 3.8) is 0 Å². The Kier molecular flexibility index (Phi) is 3.66. The minimum absolute atomic E-state index is 0.309. The highest BCUT2D eigenvalue weighted by molar-refractivity contribution is 8.10. The van der Waals surface area contributed by atoms with Gasteiger partial charge in [-0.2, -0.15) is 12.4 Å². The SMILES string of the molecule is CCS(=O)(=O)OP(=O)(Cl)Cl. The van der Waals surface area contributed by atoms with E-state index < -0.39 is 16.2 Å². The second kappa shape index (κ2) is 3.41. The maximum absolute atomic E-state index is 10.5. The molecule has 0 rings (SSSR count). The van der Waals surface area contributed by atoms with Gasteiger partial charge in [0, 0.05) is 0 Å². The van der Waals surface area contributed by atoms with Crippen LogP contribution in [0, 0.1) is 0 Å². The minimum atomic E-state index is -3.95. The molecule has 0 fully saturated rings. The van der Waals surface area contributed by atoms with Crippen LogP contribution in [0.15, 0.2) is 0 Å². The Hall–Kier alpha value is 0.720. The van der Waals surface area contributed by atoms with E-state index in [4.69, 9.17) is 22.5 Å². The quantitative estimate of drug-likeness (QED) is 0.691. The van der Waals surface area contributed by atoms with Crippen molar-refractivity contribution in [3.8, 4) is 0 Å². The largest absolute Gasteiger partial charge is 0.394 e. The van der Waals surface area contributed by atoms with Crippen LogP contribution in [0.5, 0.6) is 0 Å². The van der Waals surface area contributed by atoms with Crippen LogP contribution in [-0.4, -0.2) is 14.2 Å². The molecule has 0 atom stereocenters. The predicted molar refractivity (Wildman–Crippen MR) is 39.9 cm³/mol. The van der Waals surface area contributed by atoms with E-state index in [9.17, 15) is 13.0 Å². The van der Waals surface area contributed by atoms with Crippen molar-refractivity contribution in [2.75, 3.05) is 5.75 Å². The molecular formula is C2H5Cl2O4PS. The first-order chi connectivity index (χ1) is 4.27. The molecule has 0 aliphatic rings. The Labute approximate surface area is 68.6 Å². The smallest absolute Gasteiger partial charge is 0.255 e. The molecule has 0 heterocycles. The summed E-state index contributed by atoms with van der Waals surface area (Å²) in [6.45, 7) is 1.32. The van der Waals surface area contributed by atoms with Crippen LogP contribution in [0.1, 0.15) is 6.92 Å². The van der Waals surface area contributed by atoms with Gasteiger partial charge >= 0.3 is 6.07 Å². The summed E-state index contributed by atoms with van der Waals surface area (Å²) >= 11 is 9.63. The molecule has 0 spiro atoms. The van der Waals surface area contributed by atoms with E-state index in [2.05, 4.69) is 3.97 Å². The van der Waals surface area contributed by atoms with E-state index in [0.29, 0.717) is 0 Å². The summed E-state index contributed by atoms with van der Waals surface area (Å²) in [5.41, 5.74) is 0. The van der Waals surface area contributed by atoms with Crippen LogP contribution in [0.3, 0.4) is 0 Å². The fraction of sp³-hybridized carbons (Fsp3) is 1.00. The van der Waals surface area contributed by atoms with Gasteiger partial charge in [-0.25, -0.2) is 0 Å². The van der Waals surface area contributed by atoms with Crippen LogP contribution < -0.4 is 0 Å². The van der Waals surface area contributed by atoms with Crippen LogP contribution in [0.4, 0.5) is 0 Å². The monoisotopic (exact) mass is 226 g/mol. The lowest BCUT2D eigenvalue weighted by Gasteiger charge is -2.00. The van der Waals surface area contributed by atoms with Crippen LogP contribution in [-0.2, 0) is 18.7 Å². The van der Waals surface area contributed by atoms with Crippen molar-refractivity contribution in [2.45, 2.75) is 6.92 Å². The van der Waals surface area contributed by atoms with Gasteiger partial charge in [0.25, 0.3) is 10.1 Å². The van der Waals surface area contributed by atoms with E-state index >= 15 is 0 Å². The van der Waals surface area contributed by atoms with Gasteiger partial charge in [0.15, 0.2) is 0 Å². The molecule has 0 unspecified atom stereocenters. The number of hydrogen-bond donors (Lipinski definition) is 0. The van der Waals surface area contributed by atoms with Crippen molar-refractivity contribution >= 4 is 38.7 Å². The molecule has 0 aromatic heterocycles. The molecule has 0 aliphatic carbocycles. The van der Waals surface area contributed by atoms with E-state index in [0.717, 1.165) is 0 Å². The summed E-state index contributed by atoms with van der Waals surface area (Å²) < 4.78 is 35.1. The third-order valence-corrected chi connectivity index (χ3v) is 3.88. The summed E-state index contributed by atoms with van der Waals surface area (Å²) in [7, 11) is -3.80. The minimum Gasteiger partial charge on any atom is -0.255 e. The molecule has 10 heavy (non-hydrogen) atoms. The summed E-state index contributed by atoms with van der Waals surface area (Å²) in [4.78, 5) is 0. The van der Waals surface area contributed by atoms with Crippen LogP contribution in [0.25, 0.3) is 0 Å². The molecule has 0 bridgehead atoms. The van der Waals surface area contributed by atoms with E-state index in [1.54, 1.807) is 0 Å². The average molecular weight is 227 g/mol. The number of halogens is 2. The van der Waals surface area contributed by atoms with E-state index in [1.165, 1.54) is 6.92 Å². The Bertz CT molecular complexity index is 240. The molecule has 62 valence electrons. The molecule has 0 radical (unpaired) electrons. The van der Waals surface area contributed by atoms with Gasteiger partial charge in [0.2, 0.25) is 0 Å². The maximum atomic E-state index is 10.5. The summed E-state index contributed by atoms with van der Waals surface area (Å²) in [6.07, 6.45) is -3.95. The van der Waals surface area contributed by atoms with Gasteiger partial charge in [-0.05, 0) is 29.4 Å². The number of rotatable bonds is 3. The second-order valence-corrected chi connectivity index (χ2v) is 7.64. The van der Waals surface area contributed by atoms with Crippen molar-refractivity contribution in [3.05, 3.63) is 0 Å². The zero-order valence-corrected chi connectivity index (χ0v) is 8.17. The topological polar surface area (TPSA) is 60.4 Å². The highest BCUT2D eigenvalue weighted by atomic mass is 35.9. The molecule has 0 aliphatic heterocycles. The third-order valence-electron chi connectivity index (χ3n) is 0.554. The highest BCUT2D eigenvalue weighted by Crippen LogP contribution is 2.58. The molecule has 4 nitrogen and oxygen atoms in total. The summed E-state index contributed by atoms with van der Waals surface area (Å²) in [5.74, 6) is -0.309. The van der Waals surface area contributed by atoms with E-state index in [1.807, 2.05) is 0 Å². The molecule has 0 aromatic rings. The summed E-state index contributed by atoms with van der Waals surface area (Å²) in [5, 5.41) is 0. The van der Waals surface area contributed by atoms with Gasteiger partial charge < -0.3 is 0 Å². The standard InChI is InChI=1S/C2H5Cl2O4PS/c1-2-10(6,7)8-9(3,4)5/h2H2,1H3. The first-order valence-electron chi connectivity index (χ1n) is 2.20. The lowest BCUT2D eigenvalue weighted by molar-refractivity contribution is 0.481. The molecule has 0 aromatic carbocycles. The lowest BCUT2D eigenvalue weighted by atomic mass is 11.0. The van der Waals surface area contributed by atoms with Crippen molar-refractivity contribution in [1.29, 1.82) is 0 Å². The van der Waals surface area contributed by atoms with Gasteiger partial charge in [0.1, 0.15) is 0 Å². The van der Waals surface area contributed by atoms with Gasteiger partial charge in [-0.15, -0.1) is 0 Å². The van der Waals surface area contributed by atoms with Crippen LogP contribution >= 0.6 is 28.6 Å². The maximum Gasteiger partial charge on any atom is 0.394 e. The van der Waals surface area contributed by atoms with E-state index in [-0.39, 0.29) is 5.75 Å². The Morgan fingerprint density at radius 3 is 2.00 bits per heavy atom. The molecule has 0 saturated heterocycles. The Morgan fingerprint density at radius 1 is 1.50 bits per heavy atom. The number of hydrogen-bond acceptors (Lipinski definition) is 4. The first-order valence-corrected chi connectivity index (χ1v) is 7.21. The van der Waals surface area contributed by atoms with Crippen molar-refractivity contribution in [2.24, 2.45) is 0 Å². The third kappa shape index (κ3) is 5.50. The van der Waals surface area contributed by atoms with Crippen molar-refractivity contribution in [1.82, 2.24) is 0 Å². The normalized spacial score (nSPS) is 13.5. The molecular weight excluding hydrogens is 222 g/mol. The van der Waals surface area contributed by atoms with Gasteiger partial charge in [0.05, 0.1) is 5.75 Å². The average Bonchev–Trinajstić information content (AvgIpc) is 1.60. The molecule has 0 saturated carbocycles. The molecule has 0 N–H and O–H groups in total.